The number of rotatable bonds is 2. The minimum Gasteiger partial charge on any atom is -0.399 e. The fourth-order valence-corrected chi connectivity index (χ4v) is 1.83. The molecule has 0 bridgehead atoms. The molecule has 0 aromatic heterocycles. The summed E-state index contributed by atoms with van der Waals surface area (Å²) in [5.74, 6) is -0.0874. The maximum absolute atomic E-state index is 10.6. The molecule has 0 radical (unpaired) electrons. The first-order valence-corrected chi connectivity index (χ1v) is 7.26. The molecule has 5 heteroatoms. The number of hydrogen-bond acceptors (Lipinski definition) is 4. The van der Waals surface area contributed by atoms with Crippen LogP contribution in [0.2, 0.25) is 0 Å². The second-order valence-corrected chi connectivity index (χ2v) is 4.96. The topological polar surface area (TPSA) is 81.1 Å². The van der Waals surface area contributed by atoms with Crippen molar-refractivity contribution in [1.29, 1.82) is 0 Å². The predicted octanol–water partition coefficient (Wildman–Crippen LogP) is 3.22. The number of nitrogens with two attached hydrogens (primary N) is 2. The van der Waals surface area contributed by atoms with Crippen LogP contribution in [-0.2, 0) is 4.79 Å². The molecule has 0 saturated heterocycles. The predicted molar refractivity (Wildman–Crippen MR) is 87.8 cm³/mol. The number of carbonyl (C=O) groups excluding carboxylic acids is 1. The van der Waals surface area contributed by atoms with E-state index < -0.39 is 0 Å². The number of hydrogen-bond donors (Lipinski definition) is 3. The van der Waals surface area contributed by atoms with Crippen molar-refractivity contribution in [2.24, 2.45) is 0 Å². The first-order chi connectivity index (χ1) is 9.51. The molecule has 0 aliphatic heterocycles. The lowest BCUT2D eigenvalue weighted by Gasteiger charge is -2.01. The van der Waals surface area contributed by atoms with Gasteiger partial charge < -0.3 is 16.8 Å². The molecule has 0 atom stereocenters. The van der Waals surface area contributed by atoms with Crippen LogP contribution in [0.15, 0.2) is 53.4 Å². The number of amides is 1. The molecular formula is C15H19N3OS. The van der Waals surface area contributed by atoms with Gasteiger partial charge in [0.25, 0.3) is 0 Å². The smallest absolute Gasteiger partial charge is 0.221 e. The van der Waals surface area contributed by atoms with Crippen molar-refractivity contribution in [1.82, 2.24) is 0 Å². The van der Waals surface area contributed by atoms with Gasteiger partial charge in [0.2, 0.25) is 5.91 Å². The lowest BCUT2D eigenvalue weighted by atomic mass is 10.3. The number of thioether (sulfide) groups is 1. The van der Waals surface area contributed by atoms with Crippen LogP contribution in [0.1, 0.15) is 6.92 Å². The minimum absolute atomic E-state index is 0.0874. The average molecular weight is 289 g/mol. The van der Waals surface area contributed by atoms with Crippen LogP contribution in [-0.4, -0.2) is 12.2 Å². The third-order valence-electron chi connectivity index (χ3n) is 2.32. The van der Waals surface area contributed by atoms with Gasteiger partial charge in [0.1, 0.15) is 0 Å². The van der Waals surface area contributed by atoms with E-state index in [9.17, 15) is 4.79 Å². The highest BCUT2D eigenvalue weighted by Gasteiger charge is 1.93. The Labute approximate surface area is 123 Å². The largest absolute Gasteiger partial charge is 0.399 e. The van der Waals surface area contributed by atoms with Crippen LogP contribution < -0.4 is 16.8 Å². The second kappa shape index (κ2) is 8.12. The summed E-state index contributed by atoms with van der Waals surface area (Å²) in [7, 11) is 0. The number of benzene rings is 2. The monoisotopic (exact) mass is 289 g/mol. The summed E-state index contributed by atoms with van der Waals surface area (Å²) in [6, 6.07) is 14.9. The van der Waals surface area contributed by atoms with E-state index in [1.165, 1.54) is 11.8 Å². The van der Waals surface area contributed by atoms with Gasteiger partial charge in [-0.05, 0) is 48.7 Å². The SMILES string of the molecule is CC(=O)Nc1cccc(N)c1.CSc1ccc(N)cc1. The third-order valence-corrected chi connectivity index (χ3v) is 3.07. The lowest BCUT2D eigenvalue weighted by Crippen LogP contribution is -2.05. The zero-order chi connectivity index (χ0) is 15.0. The minimum atomic E-state index is -0.0874. The first kappa shape index (κ1) is 15.9. The molecule has 2 aromatic carbocycles. The number of nitrogen functional groups attached to an aromatic ring is 2. The molecule has 0 saturated carbocycles. The van der Waals surface area contributed by atoms with Crippen molar-refractivity contribution in [2.45, 2.75) is 11.8 Å². The zero-order valence-corrected chi connectivity index (χ0v) is 12.4. The molecule has 5 N–H and O–H groups in total. The Morgan fingerprint density at radius 2 is 1.70 bits per heavy atom. The van der Waals surface area contributed by atoms with Gasteiger partial charge in [-0.2, -0.15) is 0 Å². The van der Waals surface area contributed by atoms with E-state index in [-0.39, 0.29) is 5.91 Å². The first-order valence-electron chi connectivity index (χ1n) is 6.04. The Morgan fingerprint density at radius 1 is 1.05 bits per heavy atom. The van der Waals surface area contributed by atoms with E-state index in [2.05, 4.69) is 5.32 Å². The highest BCUT2D eigenvalue weighted by Crippen LogP contribution is 2.15. The second-order valence-electron chi connectivity index (χ2n) is 4.08. The van der Waals surface area contributed by atoms with E-state index >= 15 is 0 Å². The van der Waals surface area contributed by atoms with Crippen molar-refractivity contribution < 1.29 is 4.79 Å². The highest BCUT2D eigenvalue weighted by atomic mass is 32.2. The maximum Gasteiger partial charge on any atom is 0.221 e. The summed E-state index contributed by atoms with van der Waals surface area (Å²) in [6.07, 6.45) is 2.05. The standard InChI is InChI=1S/C8H10N2O.C7H9NS/c1-6(11)10-8-4-2-3-7(9)5-8;1-9-7-4-2-6(8)3-5-7/h2-5H,9H2,1H3,(H,10,11);2-5H,8H2,1H3. The zero-order valence-electron chi connectivity index (χ0n) is 11.6. The van der Waals surface area contributed by atoms with Crippen molar-refractivity contribution in [2.75, 3.05) is 23.0 Å². The van der Waals surface area contributed by atoms with Crippen molar-refractivity contribution >= 4 is 34.7 Å². The van der Waals surface area contributed by atoms with Gasteiger partial charge in [-0.15, -0.1) is 11.8 Å². The van der Waals surface area contributed by atoms with E-state index in [0.29, 0.717) is 5.69 Å². The molecular weight excluding hydrogens is 270 g/mol. The van der Waals surface area contributed by atoms with Crippen LogP contribution >= 0.6 is 11.8 Å². The number of carbonyl (C=O) groups is 1. The molecule has 0 spiro atoms. The van der Waals surface area contributed by atoms with Crippen LogP contribution in [0.3, 0.4) is 0 Å². The Kier molecular flexibility index (Phi) is 6.46. The summed E-state index contributed by atoms with van der Waals surface area (Å²) in [4.78, 5) is 11.8. The summed E-state index contributed by atoms with van der Waals surface area (Å²) in [6.45, 7) is 1.46. The Hall–Kier alpha value is -2.14. The fraction of sp³-hybridized carbons (Fsp3) is 0.133. The Morgan fingerprint density at radius 3 is 2.20 bits per heavy atom. The molecule has 0 fully saturated rings. The van der Waals surface area contributed by atoms with Crippen LogP contribution in [0.25, 0.3) is 0 Å². The quantitative estimate of drug-likeness (QED) is 0.585. The van der Waals surface area contributed by atoms with Gasteiger partial charge >= 0.3 is 0 Å². The molecule has 0 aliphatic rings. The molecule has 0 heterocycles. The molecule has 0 aliphatic carbocycles. The molecule has 106 valence electrons. The van der Waals surface area contributed by atoms with E-state index in [4.69, 9.17) is 11.5 Å². The highest BCUT2D eigenvalue weighted by molar-refractivity contribution is 7.98. The van der Waals surface area contributed by atoms with E-state index in [1.807, 2.05) is 30.5 Å². The maximum atomic E-state index is 10.6. The molecule has 20 heavy (non-hydrogen) atoms. The van der Waals surface area contributed by atoms with Crippen molar-refractivity contribution in [3.05, 3.63) is 48.5 Å². The van der Waals surface area contributed by atoms with Crippen molar-refractivity contribution in [3.63, 3.8) is 0 Å². The Balaban J connectivity index is 0.000000204. The van der Waals surface area contributed by atoms with Crippen LogP contribution in [0.4, 0.5) is 17.1 Å². The fourth-order valence-electron chi connectivity index (χ4n) is 1.42. The molecule has 2 rings (SSSR count). The van der Waals surface area contributed by atoms with Gasteiger partial charge in [0.15, 0.2) is 0 Å². The van der Waals surface area contributed by atoms with Gasteiger partial charge in [-0.3, -0.25) is 4.79 Å². The summed E-state index contributed by atoms with van der Waals surface area (Å²) < 4.78 is 0. The number of nitrogens with one attached hydrogen (secondary N) is 1. The van der Waals surface area contributed by atoms with Gasteiger partial charge in [-0.25, -0.2) is 0 Å². The average Bonchev–Trinajstić information content (AvgIpc) is 2.39. The van der Waals surface area contributed by atoms with Crippen LogP contribution in [0, 0.1) is 0 Å². The summed E-state index contributed by atoms with van der Waals surface area (Å²) in [5.41, 5.74) is 13.2. The molecule has 1 amide bonds. The van der Waals surface area contributed by atoms with Crippen molar-refractivity contribution in [3.8, 4) is 0 Å². The van der Waals surface area contributed by atoms with Gasteiger partial charge in [0.05, 0.1) is 0 Å². The molecule has 0 unspecified atom stereocenters. The van der Waals surface area contributed by atoms with Gasteiger partial charge in [0, 0.05) is 28.9 Å². The van der Waals surface area contributed by atoms with Crippen LogP contribution in [0.5, 0.6) is 0 Å². The molecule has 4 nitrogen and oxygen atoms in total. The number of anilines is 3. The van der Waals surface area contributed by atoms with Gasteiger partial charge in [-0.1, -0.05) is 6.07 Å². The lowest BCUT2D eigenvalue weighted by molar-refractivity contribution is -0.114. The molecule has 2 aromatic rings. The summed E-state index contributed by atoms with van der Waals surface area (Å²) >= 11 is 1.72. The normalized spacial score (nSPS) is 9.30. The van der Waals surface area contributed by atoms with E-state index in [0.717, 1.165) is 11.4 Å². The summed E-state index contributed by atoms with van der Waals surface area (Å²) in [5, 5.41) is 2.63. The third kappa shape index (κ3) is 6.15. The Bertz CT molecular complexity index is 555. The van der Waals surface area contributed by atoms with E-state index in [1.54, 1.807) is 36.0 Å².